The summed E-state index contributed by atoms with van der Waals surface area (Å²) in [7, 11) is 0. The molecule has 0 saturated carbocycles. The van der Waals surface area contributed by atoms with E-state index in [2.05, 4.69) is 11.0 Å². The van der Waals surface area contributed by atoms with E-state index >= 15 is 0 Å². The lowest BCUT2D eigenvalue weighted by Gasteiger charge is -2.35. The number of aromatic nitrogens is 1. The quantitative estimate of drug-likeness (QED) is 0.839. The molecule has 1 radical (unpaired) electrons. The summed E-state index contributed by atoms with van der Waals surface area (Å²) in [5.74, 6) is 0.119. The Hall–Kier alpha value is -2.56. The van der Waals surface area contributed by atoms with Gasteiger partial charge in [-0.05, 0) is 18.2 Å². The molecule has 1 amide bonds. The van der Waals surface area contributed by atoms with Crippen LogP contribution in [0.25, 0.3) is 5.69 Å². The second-order valence-electron chi connectivity index (χ2n) is 5.33. The van der Waals surface area contributed by atoms with E-state index in [0.717, 1.165) is 37.6 Å². The first kappa shape index (κ1) is 14.4. The lowest BCUT2D eigenvalue weighted by Crippen LogP contribution is -2.48. The minimum atomic E-state index is -0.0546. The van der Waals surface area contributed by atoms with E-state index in [-0.39, 0.29) is 11.5 Å². The molecule has 2 aromatic rings. The van der Waals surface area contributed by atoms with E-state index < -0.39 is 0 Å². The van der Waals surface area contributed by atoms with Crippen molar-refractivity contribution in [3.63, 3.8) is 0 Å². The van der Waals surface area contributed by atoms with E-state index in [1.165, 1.54) is 0 Å². The lowest BCUT2D eigenvalue weighted by atomic mass is 10.2. The molecule has 5 nitrogen and oxygen atoms in total. The van der Waals surface area contributed by atoms with Crippen LogP contribution in [0.4, 0.5) is 5.69 Å². The Balaban J connectivity index is 1.82. The molecule has 1 fully saturated rings. The van der Waals surface area contributed by atoms with Crippen molar-refractivity contribution in [2.75, 3.05) is 31.1 Å². The standard InChI is InChI=1S/C17H18N3O2/c1-14(21)18-9-11-19(12-10-18)15-5-4-6-16(13-15)20-8-3-2-7-17(20)22/h2-4,6-8,13H,9-12H2,1H3. The number of piperazine rings is 1. The number of hydrogen-bond acceptors (Lipinski definition) is 3. The number of rotatable bonds is 2. The average molecular weight is 296 g/mol. The van der Waals surface area contributed by atoms with Crippen molar-refractivity contribution in [3.8, 4) is 5.69 Å². The number of nitrogens with zero attached hydrogens (tertiary/aromatic N) is 3. The maximum Gasteiger partial charge on any atom is 0.255 e. The molecular weight excluding hydrogens is 278 g/mol. The molecule has 0 bridgehead atoms. The number of carbonyl (C=O) groups excluding carboxylic acids is 1. The van der Waals surface area contributed by atoms with Gasteiger partial charge in [0.05, 0.1) is 5.69 Å². The van der Waals surface area contributed by atoms with Gasteiger partial charge < -0.3 is 9.80 Å². The van der Waals surface area contributed by atoms with Crippen molar-refractivity contribution in [3.05, 3.63) is 59.0 Å². The molecule has 22 heavy (non-hydrogen) atoms. The molecule has 5 heteroatoms. The highest BCUT2D eigenvalue weighted by molar-refractivity contribution is 5.73. The first-order chi connectivity index (χ1) is 10.6. The third-order valence-corrected chi connectivity index (χ3v) is 3.94. The van der Waals surface area contributed by atoms with Gasteiger partial charge in [0.1, 0.15) is 0 Å². The van der Waals surface area contributed by atoms with Crippen LogP contribution in [0.2, 0.25) is 0 Å². The molecule has 0 atom stereocenters. The molecule has 2 heterocycles. The number of pyridine rings is 1. The van der Waals surface area contributed by atoms with Gasteiger partial charge in [0, 0.05) is 57.1 Å². The van der Waals surface area contributed by atoms with E-state index in [1.54, 1.807) is 29.8 Å². The van der Waals surface area contributed by atoms with Gasteiger partial charge in [-0.1, -0.05) is 12.1 Å². The molecule has 1 aromatic heterocycles. The summed E-state index contributed by atoms with van der Waals surface area (Å²) < 4.78 is 1.61. The number of hydrogen-bond donors (Lipinski definition) is 0. The van der Waals surface area contributed by atoms with Gasteiger partial charge >= 0.3 is 0 Å². The number of amides is 1. The molecule has 1 aliphatic rings. The van der Waals surface area contributed by atoms with Crippen LogP contribution in [0.5, 0.6) is 0 Å². The first-order valence-electron chi connectivity index (χ1n) is 7.35. The maximum atomic E-state index is 11.9. The first-order valence-corrected chi connectivity index (χ1v) is 7.35. The Labute approximate surface area is 129 Å². The van der Waals surface area contributed by atoms with Gasteiger partial charge in [-0.15, -0.1) is 0 Å². The second-order valence-corrected chi connectivity index (χ2v) is 5.33. The monoisotopic (exact) mass is 296 g/mol. The zero-order valence-electron chi connectivity index (χ0n) is 12.5. The van der Waals surface area contributed by atoms with Crippen LogP contribution >= 0.6 is 0 Å². The topological polar surface area (TPSA) is 45.6 Å². The molecule has 3 rings (SSSR count). The molecule has 1 aliphatic heterocycles. The minimum Gasteiger partial charge on any atom is -0.367 e. The summed E-state index contributed by atoms with van der Waals surface area (Å²) in [5, 5.41) is 0. The fourth-order valence-corrected chi connectivity index (χ4v) is 2.68. The minimum absolute atomic E-state index is 0.0546. The third-order valence-electron chi connectivity index (χ3n) is 3.94. The van der Waals surface area contributed by atoms with Gasteiger partial charge in [0.25, 0.3) is 5.56 Å². The Morgan fingerprint density at radius 1 is 1.14 bits per heavy atom. The smallest absolute Gasteiger partial charge is 0.255 e. The SMILES string of the molecule is CC(=O)N1CCN(c2[c]ccc(-n3ccccc3=O)c2)CC1. The summed E-state index contributed by atoms with van der Waals surface area (Å²) in [4.78, 5) is 27.3. The van der Waals surface area contributed by atoms with E-state index in [4.69, 9.17) is 0 Å². The van der Waals surface area contributed by atoms with Gasteiger partial charge in [-0.25, -0.2) is 0 Å². The fourth-order valence-electron chi connectivity index (χ4n) is 2.68. The predicted octanol–water partition coefficient (Wildman–Crippen LogP) is 1.31. The fraction of sp³-hybridized carbons (Fsp3) is 0.294. The molecule has 0 unspecified atom stereocenters. The summed E-state index contributed by atoms with van der Waals surface area (Å²) in [6, 6.07) is 14.0. The van der Waals surface area contributed by atoms with E-state index in [0.29, 0.717) is 0 Å². The van der Waals surface area contributed by atoms with Crippen LogP contribution in [0.15, 0.2) is 47.4 Å². The van der Waals surface area contributed by atoms with Crippen LogP contribution in [-0.4, -0.2) is 41.6 Å². The van der Waals surface area contributed by atoms with Crippen molar-refractivity contribution in [2.45, 2.75) is 6.92 Å². The van der Waals surface area contributed by atoms with Crippen molar-refractivity contribution in [1.29, 1.82) is 0 Å². The summed E-state index contributed by atoms with van der Waals surface area (Å²) in [5.41, 5.74) is 1.73. The van der Waals surface area contributed by atoms with E-state index in [9.17, 15) is 9.59 Å². The molecule has 0 spiro atoms. The van der Waals surface area contributed by atoms with Crippen molar-refractivity contribution in [2.24, 2.45) is 0 Å². The average Bonchev–Trinajstić information content (AvgIpc) is 2.55. The highest BCUT2D eigenvalue weighted by Gasteiger charge is 2.19. The highest BCUT2D eigenvalue weighted by atomic mass is 16.2. The van der Waals surface area contributed by atoms with Gasteiger partial charge in [0.15, 0.2) is 0 Å². The zero-order valence-corrected chi connectivity index (χ0v) is 12.5. The number of anilines is 1. The summed E-state index contributed by atoms with van der Waals surface area (Å²) in [6.45, 7) is 4.61. The third kappa shape index (κ3) is 2.88. The largest absolute Gasteiger partial charge is 0.367 e. The van der Waals surface area contributed by atoms with E-state index in [1.807, 2.05) is 29.2 Å². The Bertz CT molecular complexity index is 730. The van der Waals surface area contributed by atoms with Gasteiger partial charge in [-0.2, -0.15) is 0 Å². The molecule has 1 aromatic carbocycles. The number of benzene rings is 1. The normalized spacial score (nSPS) is 15.0. The Kier molecular flexibility index (Phi) is 3.96. The Morgan fingerprint density at radius 3 is 2.59 bits per heavy atom. The highest BCUT2D eigenvalue weighted by Crippen LogP contribution is 2.19. The van der Waals surface area contributed by atoms with Crippen molar-refractivity contribution >= 4 is 11.6 Å². The van der Waals surface area contributed by atoms with Crippen LogP contribution in [0, 0.1) is 6.07 Å². The Morgan fingerprint density at radius 2 is 1.91 bits per heavy atom. The lowest BCUT2D eigenvalue weighted by molar-refractivity contribution is -0.129. The molecule has 113 valence electrons. The van der Waals surface area contributed by atoms with Crippen LogP contribution in [-0.2, 0) is 4.79 Å². The van der Waals surface area contributed by atoms with Crippen LogP contribution in [0.3, 0.4) is 0 Å². The molecule has 0 N–H and O–H groups in total. The second kappa shape index (κ2) is 6.05. The van der Waals surface area contributed by atoms with Gasteiger partial charge in [-0.3, -0.25) is 14.2 Å². The summed E-state index contributed by atoms with van der Waals surface area (Å²) in [6.07, 6.45) is 1.76. The molecule has 0 aliphatic carbocycles. The van der Waals surface area contributed by atoms with Crippen molar-refractivity contribution < 1.29 is 4.79 Å². The molecule has 1 saturated heterocycles. The van der Waals surface area contributed by atoms with Gasteiger partial charge in [0.2, 0.25) is 5.91 Å². The zero-order chi connectivity index (χ0) is 15.5. The predicted molar refractivity (Wildman–Crippen MR) is 85.3 cm³/mol. The maximum absolute atomic E-state index is 11.9. The van der Waals surface area contributed by atoms with Crippen LogP contribution < -0.4 is 10.5 Å². The molecular formula is C17H18N3O2. The summed E-state index contributed by atoms with van der Waals surface area (Å²) >= 11 is 0. The van der Waals surface area contributed by atoms with Crippen LogP contribution in [0.1, 0.15) is 6.92 Å². The van der Waals surface area contributed by atoms with Crippen molar-refractivity contribution in [1.82, 2.24) is 9.47 Å². The number of carbonyl (C=O) groups is 1.